The Kier molecular flexibility index (Phi) is 5.34. The molecule has 0 aliphatic rings. The van der Waals surface area contributed by atoms with Gasteiger partial charge in [-0.3, -0.25) is 14.4 Å². The van der Waals surface area contributed by atoms with Gasteiger partial charge in [0.15, 0.2) is 5.13 Å². The number of fused-ring (bicyclic) bond motifs is 1. The molecule has 2 aromatic heterocycles. The Morgan fingerprint density at radius 3 is 2.75 bits per heavy atom. The molecule has 0 fully saturated rings. The van der Waals surface area contributed by atoms with Crippen molar-refractivity contribution in [2.75, 3.05) is 18.1 Å². The number of benzene rings is 2. The molecule has 0 aliphatic carbocycles. The van der Waals surface area contributed by atoms with E-state index in [9.17, 15) is 4.79 Å². The van der Waals surface area contributed by atoms with E-state index in [0.717, 1.165) is 16.0 Å². The van der Waals surface area contributed by atoms with Crippen LogP contribution in [-0.4, -0.2) is 33.8 Å². The third-order valence-electron chi connectivity index (χ3n) is 4.28. The van der Waals surface area contributed by atoms with Crippen LogP contribution in [-0.2, 0) is 6.54 Å². The average molecular weight is 392 g/mol. The van der Waals surface area contributed by atoms with Crippen molar-refractivity contribution in [1.82, 2.24) is 14.8 Å². The molecule has 0 unspecified atom stereocenters. The topological polar surface area (TPSA) is 60.2 Å². The number of thiazole rings is 1. The van der Waals surface area contributed by atoms with E-state index in [2.05, 4.69) is 5.10 Å². The summed E-state index contributed by atoms with van der Waals surface area (Å²) in [6, 6.07) is 17.0. The Morgan fingerprint density at radius 2 is 2.00 bits per heavy atom. The van der Waals surface area contributed by atoms with Crippen molar-refractivity contribution in [3.05, 3.63) is 72.6 Å². The lowest BCUT2D eigenvalue weighted by molar-refractivity contribution is 0.0986. The molecule has 0 N–H and O–H groups in total. The van der Waals surface area contributed by atoms with E-state index in [1.807, 2.05) is 72.4 Å². The predicted molar refractivity (Wildman–Crippen MR) is 111 cm³/mol. The summed E-state index contributed by atoms with van der Waals surface area (Å²) < 4.78 is 8.50. The van der Waals surface area contributed by atoms with Crippen LogP contribution in [0, 0.1) is 0 Å². The number of nitrogens with zero attached hydrogens (tertiary/aromatic N) is 4. The summed E-state index contributed by atoms with van der Waals surface area (Å²) in [6.45, 7) is 3.57. The molecule has 0 bridgehead atoms. The number of hydrogen-bond acceptors (Lipinski definition) is 5. The molecule has 4 rings (SSSR count). The Balaban J connectivity index is 1.70. The summed E-state index contributed by atoms with van der Waals surface area (Å²) in [5, 5.41) is 4.89. The molecule has 142 valence electrons. The van der Waals surface area contributed by atoms with Gasteiger partial charge in [-0.05, 0) is 37.3 Å². The quantitative estimate of drug-likeness (QED) is 0.472. The van der Waals surface area contributed by atoms with E-state index < -0.39 is 0 Å². The van der Waals surface area contributed by atoms with Crippen molar-refractivity contribution in [3.63, 3.8) is 0 Å². The van der Waals surface area contributed by atoms with Crippen LogP contribution in [0.1, 0.15) is 17.3 Å². The van der Waals surface area contributed by atoms with Gasteiger partial charge in [-0.25, -0.2) is 4.98 Å². The van der Waals surface area contributed by atoms with Gasteiger partial charge in [0.05, 0.1) is 17.9 Å². The van der Waals surface area contributed by atoms with Gasteiger partial charge in [0.2, 0.25) is 0 Å². The zero-order valence-electron chi connectivity index (χ0n) is 15.5. The van der Waals surface area contributed by atoms with Gasteiger partial charge >= 0.3 is 0 Å². The van der Waals surface area contributed by atoms with Gasteiger partial charge in [0.1, 0.15) is 11.3 Å². The highest BCUT2D eigenvalue weighted by Gasteiger charge is 2.22. The van der Waals surface area contributed by atoms with Crippen LogP contribution in [0.15, 0.2) is 67.0 Å². The van der Waals surface area contributed by atoms with Crippen LogP contribution in [0.3, 0.4) is 0 Å². The Hall–Kier alpha value is -3.19. The van der Waals surface area contributed by atoms with Gasteiger partial charge in [-0.2, -0.15) is 5.10 Å². The minimum absolute atomic E-state index is 0.0789. The van der Waals surface area contributed by atoms with Crippen LogP contribution in [0.2, 0.25) is 0 Å². The molecule has 0 atom stereocenters. The van der Waals surface area contributed by atoms with E-state index in [0.29, 0.717) is 30.4 Å². The van der Waals surface area contributed by atoms with E-state index >= 15 is 0 Å². The van der Waals surface area contributed by atoms with Crippen molar-refractivity contribution >= 4 is 32.6 Å². The minimum atomic E-state index is -0.0789. The fourth-order valence-corrected chi connectivity index (χ4v) is 3.96. The Morgan fingerprint density at radius 1 is 1.14 bits per heavy atom. The molecule has 0 saturated heterocycles. The largest absolute Gasteiger partial charge is 0.492 e. The van der Waals surface area contributed by atoms with Gasteiger partial charge in [-0.15, -0.1) is 0 Å². The van der Waals surface area contributed by atoms with Crippen LogP contribution >= 0.6 is 11.3 Å². The minimum Gasteiger partial charge on any atom is -0.492 e. The van der Waals surface area contributed by atoms with Crippen molar-refractivity contribution < 1.29 is 9.53 Å². The molecule has 2 heterocycles. The fraction of sp³-hybridized carbons (Fsp3) is 0.190. The Bertz CT molecular complexity index is 1060. The van der Waals surface area contributed by atoms with E-state index in [-0.39, 0.29) is 5.91 Å². The van der Waals surface area contributed by atoms with Crippen molar-refractivity contribution in [1.29, 1.82) is 0 Å². The fourth-order valence-electron chi connectivity index (χ4n) is 2.95. The van der Waals surface area contributed by atoms with Crippen LogP contribution in [0.5, 0.6) is 5.75 Å². The molecule has 7 heteroatoms. The number of para-hydroxylation sites is 1. The summed E-state index contributed by atoms with van der Waals surface area (Å²) in [6.07, 6.45) is 3.62. The first-order valence-corrected chi connectivity index (χ1v) is 9.94. The number of anilines is 1. The zero-order valence-corrected chi connectivity index (χ0v) is 16.3. The van der Waals surface area contributed by atoms with Gasteiger partial charge in [0.25, 0.3) is 5.91 Å². The standard InChI is InChI=1S/C21H20N4O2S/c1-2-27-17-10-6-11-18-19(17)23-21(28-18)25(15-14-24-13-7-12-22-24)20(26)16-8-4-3-5-9-16/h3-13H,2,14-15H2,1H3. The van der Waals surface area contributed by atoms with Crippen LogP contribution < -0.4 is 9.64 Å². The summed E-state index contributed by atoms with van der Waals surface area (Å²) >= 11 is 1.49. The monoisotopic (exact) mass is 392 g/mol. The molecule has 1 amide bonds. The molecule has 0 saturated carbocycles. The molecule has 4 aromatic rings. The molecular formula is C21H20N4O2S. The number of aromatic nitrogens is 3. The van der Waals surface area contributed by atoms with E-state index in [4.69, 9.17) is 9.72 Å². The van der Waals surface area contributed by atoms with Crippen molar-refractivity contribution in [2.45, 2.75) is 13.5 Å². The number of carbonyl (C=O) groups is 1. The smallest absolute Gasteiger partial charge is 0.260 e. The molecule has 0 spiro atoms. The second-order valence-corrected chi connectivity index (χ2v) is 7.13. The van der Waals surface area contributed by atoms with Gasteiger partial charge in [-0.1, -0.05) is 35.6 Å². The summed E-state index contributed by atoms with van der Waals surface area (Å²) in [5.41, 5.74) is 1.42. The van der Waals surface area contributed by atoms with Gasteiger partial charge in [0, 0.05) is 24.5 Å². The lowest BCUT2D eigenvalue weighted by Crippen LogP contribution is -2.34. The maximum atomic E-state index is 13.2. The number of carbonyl (C=O) groups excluding carboxylic acids is 1. The SMILES string of the molecule is CCOc1cccc2sc(N(CCn3cccn3)C(=O)c3ccccc3)nc12. The highest BCUT2D eigenvalue weighted by atomic mass is 32.1. The maximum Gasteiger partial charge on any atom is 0.260 e. The average Bonchev–Trinajstić information content (AvgIpc) is 3.39. The molecule has 0 aliphatic heterocycles. The second-order valence-electron chi connectivity index (χ2n) is 6.12. The lowest BCUT2D eigenvalue weighted by atomic mass is 10.2. The molecule has 0 radical (unpaired) electrons. The molecule has 2 aromatic carbocycles. The molecular weight excluding hydrogens is 372 g/mol. The third-order valence-corrected chi connectivity index (χ3v) is 5.32. The maximum absolute atomic E-state index is 13.2. The first kappa shape index (κ1) is 18.2. The van der Waals surface area contributed by atoms with E-state index in [1.165, 1.54) is 11.3 Å². The normalized spacial score (nSPS) is 10.9. The zero-order chi connectivity index (χ0) is 19.3. The number of ether oxygens (including phenoxy) is 1. The first-order valence-electron chi connectivity index (χ1n) is 9.13. The molecule has 28 heavy (non-hydrogen) atoms. The van der Waals surface area contributed by atoms with Crippen molar-refractivity contribution in [3.8, 4) is 5.75 Å². The van der Waals surface area contributed by atoms with Gasteiger partial charge < -0.3 is 4.74 Å². The predicted octanol–water partition coefficient (Wildman–Crippen LogP) is 4.24. The number of amides is 1. The lowest BCUT2D eigenvalue weighted by Gasteiger charge is -2.20. The molecule has 6 nitrogen and oxygen atoms in total. The Labute approximate surface area is 167 Å². The van der Waals surface area contributed by atoms with E-state index in [1.54, 1.807) is 11.1 Å². The highest BCUT2D eigenvalue weighted by molar-refractivity contribution is 7.22. The summed E-state index contributed by atoms with van der Waals surface area (Å²) in [4.78, 5) is 19.7. The number of hydrogen-bond donors (Lipinski definition) is 0. The first-order chi connectivity index (χ1) is 13.8. The number of rotatable bonds is 7. The van der Waals surface area contributed by atoms with Crippen LogP contribution in [0.25, 0.3) is 10.2 Å². The summed E-state index contributed by atoms with van der Waals surface area (Å²) in [5.74, 6) is 0.659. The third kappa shape index (κ3) is 3.75. The second kappa shape index (κ2) is 8.22. The highest BCUT2D eigenvalue weighted by Crippen LogP contribution is 2.34. The van der Waals surface area contributed by atoms with Crippen molar-refractivity contribution in [2.24, 2.45) is 0 Å². The summed E-state index contributed by atoms with van der Waals surface area (Å²) in [7, 11) is 0. The van der Waals surface area contributed by atoms with Crippen LogP contribution in [0.4, 0.5) is 5.13 Å².